The SMILES string of the molecule is O=[N+]([O-])c1ccc(Nc2ccnc3ccc(F)cc23)cc1. The highest BCUT2D eigenvalue weighted by Gasteiger charge is 2.06. The number of nitrogens with one attached hydrogen (secondary N) is 1. The second-order valence-corrected chi connectivity index (χ2v) is 4.45. The maximum Gasteiger partial charge on any atom is 0.269 e. The van der Waals surface area contributed by atoms with Crippen LogP contribution in [0.1, 0.15) is 0 Å². The molecule has 0 saturated carbocycles. The molecule has 21 heavy (non-hydrogen) atoms. The van der Waals surface area contributed by atoms with E-state index >= 15 is 0 Å². The fourth-order valence-electron chi connectivity index (χ4n) is 2.05. The Bertz CT molecular complexity index is 819. The van der Waals surface area contributed by atoms with E-state index in [9.17, 15) is 14.5 Å². The molecule has 0 aliphatic rings. The lowest BCUT2D eigenvalue weighted by Gasteiger charge is -2.09. The molecule has 0 saturated heterocycles. The quantitative estimate of drug-likeness (QED) is 0.582. The predicted octanol–water partition coefficient (Wildman–Crippen LogP) is 4.03. The minimum Gasteiger partial charge on any atom is -0.355 e. The van der Waals surface area contributed by atoms with Crippen LogP contribution in [-0.2, 0) is 0 Å². The lowest BCUT2D eigenvalue weighted by Crippen LogP contribution is -1.94. The highest BCUT2D eigenvalue weighted by atomic mass is 19.1. The maximum absolute atomic E-state index is 13.4. The van der Waals surface area contributed by atoms with Crippen LogP contribution in [0.5, 0.6) is 0 Å². The molecule has 104 valence electrons. The van der Waals surface area contributed by atoms with Gasteiger partial charge in [0.15, 0.2) is 0 Å². The minimum atomic E-state index is -0.457. The maximum atomic E-state index is 13.4. The van der Waals surface area contributed by atoms with E-state index in [2.05, 4.69) is 10.3 Å². The number of hydrogen-bond donors (Lipinski definition) is 1. The number of fused-ring (bicyclic) bond motifs is 1. The van der Waals surface area contributed by atoms with Crippen molar-refractivity contribution in [2.75, 3.05) is 5.32 Å². The van der Waals surface area contributed by atoms with E-state index in [0.29, 0.717) is 22.3 Å². The molecule has 3 rings (SSSR count). The molecule has 1 heterocycles. The zero-order valence-electron chi connectivity index (χ0n) is 10.8. The molecule has 0 amide bonds. The molecule has 0 unspecified atom stereocenters. The van der Waals surface area contributed by atoms with Crippen molar-refractivity contribution in [1.82, 2.24) is 4.98 Å². The van der Waals surface area contributed by atoms with E-state index in [1.165, 1.54) is 24.3 Å². The molecule has 1 aromatic heterocycles. The molecule has 0 aliphatic carbocycles. The molecule has 0 atom stereocenters. The first-order valence-electron chi connectivity index (χ1n) is 6.19. The van der Waals surface area contributed by atoms with Crippen LogP contribution in [0, 0.1) is 15.9 Å². The first kappa shape index (κ1) is 13.0. The Morgan fingerprint density at radius 1 is 1.10 bits per heavy atom. The fraction of sp³-hybridized carbons (Fsp3) is 0. The first-order valence-corrected chi connectivity index (χ1v) is 6.19. The molecule has 3 aromatic rings. The highest BCUT2D eigenvalue weighted by Crippen LogP contribution is 2.26. The molecule has 5 nitrogen and oxygen atoms in total. The van der Waals surface area contributed by atoms with Gasteiger partial charge in [0, 0.05) is 35.1 Å². The average Bonchev–Trinajstić information content (AvgIpc) is 2.48. The summed E-state index contributed by atoms with van der Waals surface area (Å²) in [5, 5.41) is 14.4. The van der Waals surface area contributed by atoms with Gasteiger partial charge in [-0.05, 0) is 36.4 Å². The minimum absolute atomic E-state index is 0.0196. The molecule has 6 heteroatoms. The Morgan fingerprint density at radius 3 is 2.57 bits per heavy atom. The molecule has 0 aliphatic heterocycles. The summed E-state index contributed by atoms with van der Waals surface area (Å²) >= 11 is 0. The van der Waals surface area contributed by atoms with Crippen molar-refractivity contribution in [3.63, 3.8) is 0 Å². The Labute approximate surface area is 119 Å². The number of nitro benzene ring substituents is 1. The number of hydrogen-bond acceptors (Lipinski definition) is 4. The zero-order valence-corrected chi connectivity index (χ0v) is 10.8. The summed E-state index contributed by atoms with van der Waals surface area (Å²) in [5.74, 6) is -0.345. The van der Waals surface area contributed by atoms with Gasteiger partial charge in [-0.15, -0.1) is 0 Å². The van der Waals surface area contributed by atoms with Gasteiger partial charge in [-0.3, -0.25) is 15.1 Å². The Morgan fingerprint density at radius 2 is 1.86 bits per heavy atom. The topological polar surface area (TPSA) is 68.1 Å². The van der Waals surface area contributed by atoms with E-state index in [0.717, 1.165) is 0 Å². The van der Waals surface area contributed by atoms with E-state index in [1.807, 2.05) is 0 Å². The molecule has 1 N–H and O–H groups in total. The summed E-state index contributed by atoms with van der Waals surface area (Å²) in [6.07, 6.45) is 1.62. The summed E-state index contributed by atoms with van der Waals surface area (Å²) in [6, 6.07) is 12.1. The smallest absolute Gasteiger partial charge is 0.269 e. The number of rotatable bonds is 3. The third-order valence-corrected chi connectivity index (χ3v) is 3.06. The van der Waals surface area contributed by atoms with Crippen molar-refractivity contribution >= 4 is 28.0 Å². The lowest BCUT2D eigenvalue weighted by atomic mass is 10.1. The van der Waals surface area contributed by atoms with Crippen LogP contribution in [-0.4, -0.2) is 9.91 Å². The fourth-order valence-corrected chi connectivity index (χ4v) is 2.05. The van der Waals surface area contributed by atoms with Gasteiger partial charge in [0.2, 0.25) is 0 Å². The van der Waals surface area contributed by atoms with Crippen molar-refractivity contribution < 1.29 is 9.31 Å². The van der Waals surface area contributed by atoms with Crippen LogP contribution >= 0.6 is 0 Å². The molecule has 0 spiro atoms. The van der Waals surface area contributed by atoms with Gasteiger partial charge in [0.1, 0.15) is 5.82 Å². The summed E-state index contributed by atoms with van der Waals surface area (Å²) in [6.45, 7) is 0. The number of halogens is 1. The van der Waals surface area contributed by atoms with Gasteiger partial charge in [-0.2, -0.15) is 0 Å². The monoisotopic (exact) mass is 283 g/mol. The first-order chi connectivity index (χ1) is 10.1. The third kappa shape index (κ3) is 2.64. The molecule has 2 aromatic carbocycles. The van der Waals surface area contributed by atoms with Crippen LogP contribution in [0.3, 0.4) is 0 Å². The van der Waals surface area contributed by atoms with Crippen molar-refractivity contribution in [3.8, 4) is 0 Å². The van der Waals surface area contributed by atoms with Gasteiger partial charge >= 0.3 is 0 Å². The molecular formula is C15H10FN3O2. The summed E-state index contributed by atoms with van der Waals surface area (Å²) in [5.41, 5.74) is 2.06. The van der Waals surface area contributed by atoms with Gasteiger partial charge in [-0.1, -0.05) is 0 Å². The number of pyridine rings is 1. The van der Waals surface area contributed by atoms with Crippen LogP contribution in [0.15, 0.2) is 54.7 Å². The second kappa shape index (κ2) is 5.16. The number of anilines is 2. The van der Waals surface area contributed by atoms with E-state index < -0.39 is 4.92 Å². The lowest BCUT2D eigenvalue weighted by molar-refractivity contribution is -0.384. The number of nitro groups is 1. The van der Waals surface area contributed by atoms with Crippen LogP contribution in [0.2, 0.25) is 0 Å². The Balaban J connectivity index is 1.97. The molecule has 0 radical (unpaired) electrons. The van der Waals surface area contributed by atoms with Crippen molar-refractivity contribution in [2.45, 2.75) is 0 Å². The summed E-state index contributed by atoms with van der Waals surface area (Å²) in [4.78, 5) is 14.3. The number of benzene rings is 2. The molecular weight excluding hydrogens is 273 g/mol. The van der Waals surface area contributed by atoms with Crippen molar-refractivity contribution in [2.24, 2.45) is 0 Å². The van der Waals surface area contributed by atoms with E-state index in [4.69, 9.17) is 0 Å². The Kier molecular flexibility index (Phi) is 3.19. The summed E-state index contributed by atoms with van der Waals surface area (Å²) in [7, 11) is 0. The van der Waals surface area contributed by atoms with Gasteiger partial charge in [0.05, 0.1) is 10.4 Å². The van der Waals surface area contributed by atoms with Crippen molar-refractivity contribution in [1.29, 1.82) is 0 Å². The van der Waals surface area contributed by atoms with Crippen molar-refractivity contribution in [3.05, 3.63) is 70.7 Å². The van der Waals surface area contributed by atoms with Crippen LogP contribution in [0.4, 0.5) is 21.5 Å². The Hall–Kier alpha value is -3.02. The molecule has 0 fully saturated rings. The van der Waals surface area contributed by atoms with Gasteiger partial charge < -0.3 is 5.32 Å². The second-order valence-electron chi connectivity index (χ2n) is 4.45. The number of aromatic nitrogens is 1. The van der Waals surface area contributed by atoms with Gasteiger partial charge in [0.25, 0.3) is 5.69 Å². The third-order valence-electron chi connectivity index (χ3n) is 3.06. The standard InChI is InChI=1S/C15H10FN3O2/c16-10-1-6-14-13(9-10)15(7-8-17-14)18-11-2-4-12(5-3-11)19(20)21/h1-9H,(H,17,18). The van der Waals surface area contributed by atoms with Crippen LogP contribution in [0.25, 0.3) is 10.9 Å². The van der Waals surface area contributed by atoms with E-state index in [-0.39, 0.29) is 11.5 Å². The average molecular weight is 283 g/mol. The largest absolute Gasteiger partial charge is 0.355 e. The van der Waals surface area contributed by atoms with E-state index in [1.54, 1.807) is 30.5 Å². The normalized spacial score (nSPS) is 10.5. The number of nitrogens with zero attached hydrogens (tertiary/aromatic N) is 2. The highest BCUT2D eigenvalue weighted by molar-refractivity contribution is 5.92. The van der Waals surface area contributed by atoms with Gasteiger partial charge in [-0.25, -0.2) is 4.39 Å². The predicted molar refractivity (Wildman–Crippen MR) is 78.1 cm³/mol. The molecule has 0 bridgehead atoms. The van der Waals surface area contributed by atoms with Crippen LogP contribution < -0.4 is 5.32 Å². The number of non-ortho nitro benzene ring substituents is 1. The summed E-state index contributed by atoms with van der Waals surface area (Å²) < 4.78 is 13.4. The zero-order chi connectivity index (χ0) is 14.8.